The van der Waals surface area contributed by atoms with Crippen LogP contribution in [0, 0.1) is 0 Å². The fourth-order valence-corrected chi connectivity index (χ4v) is 6.10. The molecule has 1 aliphatic carbocycles. The highest BCUT2D eigenvalue weighted by molar-refractivity contribution is 5.46. The van der Waals surface area contributed by atoms with E-state index in [0.29, 0.717) is 12.2 Å². The van der Waals surface area contributed by atoms with Gasteiger partial charge in [0.2, 0.25) is 0 Å². The minimum atomic E-state index is 0.357. The predicted octanol–water partition coefficient (Wildman–Crippen LogP) is 3.07. The van der Waals surface area contributed by atoms with E-state index in [1.807, 2.05) is 6.20 Å². The monoisotopic (exact) mass is 433 g/mol. The number of piperazine rings is 1. The summed E-state index contributed by atoms with van der Waals surface area (Å²) >= 11 is 0. The number of hydrogen-bond donors (Lipinski definition) is 0. The second kappa shape index (κ2) is 8.37. The highest BCUT2D eigenvalue weighted by Gasteiger charge is 2.38. The summed E-state index contributed by atoms with van der Waals surface area (Å²) in [6, 6.07) is 4.71. The zero-order valence-corrected chi connectivity index (χ0v) is 19.5. The van der Waals surface area contributed by atoms with Gasteiger partial charge < -0.3 is 9.47 Å². The summed E-state index contributed by atoms with van der Waals surface area (Å²) in [7, 11) is 2.23. The molecule has 3 aliphatic heterocycles. The highest BCUT2D eigenvalue weighted by Crippen LogP contribution is 2.39. The quantitative estimate of drug-likeness (QED) is 0.741. The molecule has 0 N–H and O–H groups in total. The van der Waals surface area contributed by atoms with Crippen molar-refractivity contribution in [2.75, 3.05) is 39.8 Å². The minimum Gasteiger partial charge on any atom is -0.310 e. The Morgan fingerprint density at radius 3 is 2.84 bits per heavy atom. The van der Waals surface area contributed by atoms with Crippen LogP contribution in [0.1, 0.15) is 66.9 Å². The van der Waals surface area contributed by atoms with Crippen molar-refractivity contribution in [3.05, 3.63) is 52.9 Å². The van der Waals surface area contributed by atoms with Crippen LogP contribution in [0.3, 0.4) is 0 Å². The third kappa shape index (κ3) is 3.43. The van der Waals surface area contributed by atoms with Gasteiger partial charge in [0.25, 0.3) is 0 Å². The Morgan fingerprint density at radius 1 is 1.12 bits per heavy atom. The molecule has 2 aromatic rings. The van der Waals surface area contributed by atoms with E-state index in [4.69, 9.17) is 9.97 Å². The van der Waals surface area contributed by atoms with Crippen LogP contribution in [0.2, 0.25) is 0 Å². The van der Waals surface area contributed by atoms with E-state index < -0.39 is 0 Å². The van der Waals surface area contributed by atoms with E-state index in [0.717, 1.165) is 64.5 Å². The summed E-state index contributed by atoms with van der Waals surface area (Å²) in [4.78, 5) is 15.1. The van der Waals surface area contributed by atoms with Gasteiger partial charge in [-0.3, -0.25) is 9.88 Å². The molecule has 32 heavy (non-hydrogen) atoms. The van der Waals surface area contributed by atoms with Gasteiger partial charge in [0.1, 0.15) is 5.82 Å². The third-order valence-electron chi connectivity index (χ3n) is 7.89. The molecular formula is C25H35N7. The topological polar surface area (TPSA) is 43.7 Å². The van der Waals surface area contributed by atoms with Crippen LogP contribution in [0.25, 0.3) is 6.08 Å². The second-order valence-corrected chi connectivity index (χ2v) is 9.73. The maximum absolute atomic E-state index is 5.17. The van der Waals surface area contributed by atoms with E-state index >= 15 is 0 Å². The Kier molecular flexibility index (Phi) is 5.38. The molecule has 0 amide bonds. The van der Waals surface area contributed by atoms with Crippen molar-refractivity contribution in [1.82, 2.24) is 34.4 Å². The van der Waals surface area contributed by atoms with Crippen LogP contribution in [-0.2, 0) is 19.5 Å². The van der Waals surface area contributed by atoms with Gasteiger partial charge in [-0.15, -0.1) is 0 Å². The minimum absolute atomic E-state index is 0.357. The van der Waals surface area contributed by atoms with E-state index in [1.165, 1.54) is 35.5 Å². The van der Waals surface area contributed by atoms with Crippen molar-refractivity contribution in [3.63, 3.8) is 0 Å². The maximum atomic E-state index is 5.17. The first kappa shape index (κ1) is 20.5. The Morgan fingerprint density at radius 2 is 2.00 bits per heavy atom. The highest BCUT2D eigenvalue weighted by atomic mass is 15.6. The zero-order valence-electron chi connectivity index (χ0n) is 19.5. The zero-order chi connectivity index (χ0) is 21.7. The normalized spacial score (nSPS) is 27.2. The molecule has 5 heterocycles. The van der Waals surface area contributed by atoms with Crippen LogP contribution < -0.4 is 0 Å². The Hall–Kier alpha value is -2.06. The van der Waals surface area contributed by atoms with Crippen LogP contribution in [-0.4, -0.2) is 74.1 Å². The van der Waals surface area contributed by atoms with Crippen LogP contribution in [0.15, 0.2) is 24.4 Å². The van der Waals surface area contributed by atoms with Crippen molar-refractivity contribution >= 4 is 6.08 Å². The largest absolute Gasteiger partial charge is 0.310 e. The number of imidazole rings is 1. The first-order valence-electron chi connectivity index (χ1n) is 12.4. The van der Waals surface area contributed by atoms with Crippen molar-refractivity contribution in [2.45, 2.75) is 57.9 Å². The van der Waals surface area contributed by atoms with E-state index in [2.05, 4.69) is 62.6 Å². The SMILES string of the molecule is CCN1Cc2c(nc3n2C(N2CCN(C)CC2)CC=C3)CN1[C@H]1CCCc2cccnc21. The third-order valence-corrected chi connectivity index (χ3v) is 7.89. The van der Waals surface area contributed by atoms with Gasteiger partial charge in [0, 0.05) is 45.3 Å². The molecule has 0 saturated carbocycles. The van der Waals surface area contributed by atoms with Crippen molar-refractivity contribution in [3.8, 4) is 0 Å². The molecule has 0 bridgehead atoms. The fourth-order valence-electron chi connectivity index (χ4n) is 6.10. The maximum Gasteiger partial charge on any atom is 0.134 e. The number of pyridine rings is 1. The molecule has 2 atom stereocenters. The van der Waals surface area contributed by atoms with Crippen molar-refractivity contribution in [1.29, 1.82) is 0 Å². The van der Waals surface area contributed by atoms with Gasteiger partial charge in [-0.2, -0.15) is 0 Å². The molecular weight excluding hydrogens is 398 g/mol. The molecule has 4 aliphatic rings. The van der Waals surface area contributed by atoms with Crippen molar-refractivity contribution < 1.29 is 0 Å². The first-order valence-corrected chi connectivity index (χ1v) is 12.4. The lowest BCUT2D eigenvalue weighted by atomic mass is 9.91. The summed E-state index contributed by atoms with van der Waals surface area (Å²) in [6.07, 6.45) is 11.6. The molecule has 7 nitrogen and oxygen atoms in total. The average Bonchev–Trinajstić information content (AvgIpc) is 3.21. The van der Waals surface area contributed by atoms with E-state index in [-0.39, 0.29) is 0 Å². The number of hydrogen-bond acceptors (Lipinski definition) is 6. The smallest absolute Gasteiger partial charge is 0.134 e. The van der Waals surface area contributed by atoms with Gasteiger partial charge in [-0.1, -0.05) is 19.1 Å². The standard InChI is InChI=1S/C25H35N7/c1-3-30-18-22-20(17-31(30)21-9-4-7-19-8-6-12-26-25(19)21)27-23-10-5-11-24(32(22)23)29-15-13-28(2)14-16-29/h5-6,8,10,12,21,24H,3-4,7,9,11,13-18H2,1-2H3/t21-,24?/m0/s1. The number of likely N-dealkylation sites (N-methyl/N-ethyl adjacent to an activating group) is 1. The Bertz CT molecular complexity index is 1000. The lowest BCUT2D eigenvalue weighted by molar-refractivity contribution is -0.0937. The lowest BCUT2D eigenvalue weighted by Gasteiger charge is -2.45. The van der Waals surface area contributed by atoms with Gasteiger partial charge in [0.05, 0.1) is 42.4 Å². The number of hydrazine groups is 1. The number of aromatic nitrogens is 3. The van der Waals surface area contributed by atoms with Gasteiger partial charge in [-0.05, 0) is 44.0 Å². The van der Waals surface area contributed by atoms with Gasteiger partial charge in [0.15, 0.2) is 0 Å². The Balaban J connectivity index is 1.33. The molecule has 2 aromatic heterocycles. The van der Waals surface area contributed by atoms with Crippen LogP contribution in [0.5, 0.6) is 0 Å². The molecule has 170 valence electrons. The first-order chi connectivity index (χ1) is 15.7. The van der Waals surface area contributed by atoms with Gasteiger partial charge >= 0.3 is 0 Å². The number of fused-ring (bicyclic) bond motifs is 4. The fraction of sp³-hybridized carbons (Fsp3) is 0.600. The van der Waals surface area contributed by atoms with E-state index in [9.17, 15) is 0 Å². The Labute approximate surface area is 191 Å². The summed E-state index contributed by atoms with van der Waals surface area (Å²) in [5.74, 6) is 1.14. The summed E-state index contributed by atoms with van der Waals surface area (Å²) < 4.78 is 2.56. The predicted molar refractivity (Wildman–Crippen MR) is 126 cm³/mol. The van der Waals surface area contributed by atoms with Crippen LogP contribution in [0.4, 0.5) is 0 Å². The molecule has 0 spiro atoms. The molecule has 1 unspecified atom stereocenters. The van der Waals surface area contributed by atoms with E-state index in [1.54, 1.807) is 0 Å². The number of rotatable bonds is 3. The average molecular weight is 434 g/mol. The molecule has 1 saturated heterocycles. The molecule has 0 radical (unpaired) electrons. The summed E-state index contributed by atoms with van der Waals surface area (Å²) in [6.45, 7) is 9.68. The summed E-state index contributed by atoms with van der Waals surface area (Å²) in [5.41, 5.74) is 5.38. The number of nitrogens with zero attached hydrogens (tertiary/aromatic N) is 7. The molecule has 7 heteroatoms. The van der Waals surface area contributed by atoms with Crippen molar-refractivity contribution in [2.24, 2.45) is 0 Å². The summed E-state index contributed by atoms with van der Waals surface area (Å²) in [5, 5.41) is 5.12. The lowest BCUT2D eigenvalue weighted by Crippen LogP contribution is -2.50. The van der Waals surface area contributed by atoms with Gasteiger partial charge in [-0.25, -0.2) is 15.0 Å². The molecule has 1 fully saturated rings. The van der Waals surface area contributed by atoms with Crippen LogP contribution >= 0.6 is 0 Å². The molecule has 0 aromatic carbocycles. The second-order valence-electron chi connectivity index (χ2n) is 9.73. The number of aryl methyl sites for hydroxylation is 1. The molecule has 6 rings (SSSR count).